The molecule has 1 heterocycles. The van der Waals surface area contributed by atoms with Crippen molar-refractivity contribution in [2.75, 3.05) is 20.4 Å². The van der Waals surface area contributed by atoms with Gasteiger partial charge in [-0.2, -0.15) is 0 Å². The number of guanidine groups is 1. The van der Waals surface area contributed by atoms with Gasteiger partial charge in [-0.3, -0.25) is 4.99 Å². The molecule has 0 radical (unpaired) electrons. The average molecular weight is 460 g/mol. The number of rotatable bonds is 6. The number of aromatic nitrogens is 1. The molecule has 0 aliphatic heterocycles. The molecular formula is C17H25IN4OS. The molecular weight excluding hydrogens is 435 g/mol. The summed E-state index contributed by atoms with van der Waals surface area (Å²) in [6, 6.07) is 10.6. The zero-order valence-electron chi connectivity index (χ0n) is 14.6. The normalized spacial score (nSPS) is 11.1. The van der Waals surface area contributed by atoms with Crippen LogP contribution >= 0.6 is 35.7 Å². The van der Waals surface area contributed by atoms with Gasteiger partial charge in [-0.15, -0.1) is 35.7 Å². The standard InChI is InChI=1S/C17H24N4OS.HI/c1-5-14-10-15(22-20-14)11-19-17(18-2)21(3)12-13-6-8-16(23-4)9-7-13;/h6-10H,5,11-12H2,1-4H3,(H,18,19);1H. The molecule has 0 spiro atoms. The van der Waals surface area contributed by atoms with Gasteiger partial charge in [0.1, 0.15) is 0 Å². The molecule has 7 heteroatoms. The van der Waals surface area contributed by atoms with Gasteiger partial charge in [0.2, 0.25) is 0 Å². The molecule has 0 aliphatic carbocycles. The van der Waals surface area contributed by atoms with E-state index >= 15 is 0 Å². The quantitative estimate of drug-likeness (QED) is 0.308. The molecule has 1 aromatic heterocycles. The van der Waals surface area contributed by atoms with E-state index in [0.717, 1.165) is 30.4 Å². The van der Waals surface area contributed by atoms with E-state index < -0.39 is 0 Å². The van der Waals surface area contributed by atoms with Gasteiger partial charge < -0.3 is 14.7 Å². The van der Waals surface area contributed by atoms with Crippen LogP contribution in [0.1, 0.15) is 23.9 Å². The zero-order chi connectivity index (χ0) is 16.7. The molecule has 0 saturated heterocycles. The van der Waals surface area contributed by atoms with Crippen molar-refractivity contribution in [2.45, 2.75) is 31.3 Å². The molecule has 0 unspecified atom stereocenters. The molecule has 0 saturated carbocycles. The summed E-state index contributed by atoms with van der Waals surface area (Å²) in [6.45, 7) is 3.43. The maximum atomic E-state index is 5.29. The second-order valence-corrected chi connectivity index (χ2v) is 6.12. The average Bonchev–Trinajstić information content (AvgIpc) is 3.04. The first-order valence-corrected chi connectivity index (χ1v) is 8.88. The molecule has 5 nitrogen and oxygen atoms in total. The molecule has 0 aliphatic rings. The summed E-state index contributed by atoms with van der Waals surface area (Å²) in [7, 11) is 3.81. The third kappa shape index (κ3) is 6.01. The predicted octanol–water partition coefficient (Wildman–Crippen LogP) is 3.78. The van der Waals surface area contributed by atoms with E-state index in [4.69, 9.17) is 4.52 Å². The number of benzene rings is 1. The third-order valence-electron chi connectivity index (χ3n) is 3.54. The second kappa shape index (κ2) is 10.6. The highest BCUT2D eigenvalue weighted by Gasteiger charge is 2.09. The van der Waals surface area contributed by atoms with Gasteiger partial charge in [-0.25, -0.2) is 0 Å². The van der Waals surface area contributed by atoms with E-state index in [9.17, 15) is 0 Å². The summed E-state index contributed by atoms with van der Waals surface area (Å²) in [5.41, 5.74) is 2.22. The Morgan fingerprint density at radius 1 is 1.33 bits per heavy atom. The summed E-state index contributed by atoms with van der Waals surface area (Å²) >= 11 is 1.75. The van der Waals surface area contributed by atoms with Crippen LogP contribution in [-0.4, -0.2) is 36.4 Å². The molecule has 0 amide bonds. The lowest BCUT2D eigenvalue weighted by Crippen LogP contribution is -2.37. The minimum absolute atomic E-state index is 0. The lowest BCUT2D eigenvalue weighted by Gasteiger charge is -2.21. The van der Waals surface area contributed by atoms with E-state index in [2.05, 4.69) is 57.8 Å². The van der Waals surface area contributed by atoms with Crippen LogP contribution in [0.25, 0.3) is 0 Å². The predicted molar refractivity (Wildman–Crippen MR) is 111 cm³/mol. The van der Waals surface area contributed by atoms with Crippen molar-refractivity contribution in [3.8, 4) is 0 Å². The van der Waals surface area contributed by atoms with Crippen molar-refractivity contribution in [1.29, 1.82) is 0 Å². The second-order valence-electron chi connectivity index (χ2n) is 5.24. The van der Waals surface area contributed by atoms with Crippen LogP contribution in [0.2, 0.25) is 0 Å². The highest BCUT2D eigenvalue weighted by atomic mass is 127. The van der Waals surface area contributed by atoms with E-state index in [1.54, 1.807) is 18.8 Å². The Hall–Kier alpha value is -1.22. The topological polar surface area (TPSA) is 53.7 Å². The first-order chi connectivity index (χ1) is 11.2. The number of thioether (sulfide) groups is 1. The van der Waals surface area contributed by atoms with Crippen molar-refractivity contribution in [3.63, 3.8) is 0 Å². The highest BCUT2D eigenvalue weighted by Crippen LogP contribution is 2.15. The summed E-state index contributed by atoms with van der Waals surface area (Å²) in [4.78, 5) is 7.69. The van der Waals surface area contributed by atoms with Crippen LogP contribution < -0.4 is 5.32 Å². The number of aryl methyl sites for hydroxylation is 1. The molecule has 0 fully saturated rings. The van der Waals surface area contributed by atoms with Crippen molar-refractivity contribution < 1.29 is 4.52 Å². The number of nitrogens with zero attached hydrogens (tertiary/aromatic N) is 3. The van der Waals surface area contributed by atoms with Crippen molar-refractivity contribution in [1.82, 2.24) is 15.4 Å². The minimum atomic E-state index is 0. The monoisotopic (exact) mass is 460 g/mol. The van der Waals surface area contributed by atoms with Crippen LogP contribution in [0.4, 0.5) is 0 Å². The molecule has 1 N–H and O–H groups in total. The number of aliphatic imine (C=N–C) groups is 1. The fraction of sp³-hybridized carbons (Fsp3) is 0.412. The van der Waals surface area contributed by atoms with Gasteiger partial charge in [0.15, 0.2) is 11.7 Å². The first-order valence-electron chi connectivity index (χ1n) is 7.65. The summed E-state index contributed by atoms with van der Waals surface area (Å²) in [6.07, 6.45) is 2.96. The molecule has 2 rings (SSSR count). The SMILES string of the molecule is CCc1cc(CNC(=NC)N(C)Cc2ccc(SC)cc2)on1.I. The fourth-order valence-corrected chi connectivity index (χ4v) is 2.64. The smallest absolute Gasteiger partial charge is 0.194 e. The maximum Gasteiger partial charge on any atom is 0.194 e. The van der Waals surface area contributed by atoms with Gasteiger partial charge in [0, 0.05) is 31.6 Å². The van der Waals surface area contributed by atoms with E-state index in [-0.39, 0.29) is 24.0 Å². The first kappa shape index (κ1) is 20.8. The molecule has 2 aromatic rings. The van der Waals surface area contributed by atoms with E-state index in [1.807, 2.05) is 13.1 Å². The molecule has 0 atom stereocenters. The van der Waals surface area contributed by atoms with Crippen LogP contribution in [0, 0.1) is 0 Å². The summed E-state index contributed by atoms with van der Waals surface area (Å²) < 4.78 is 5.29. The Morgan fingerprint density at radius 3 is 2.58 bits per heavy atom. The number of hydrogen-bond donors (Lipinski definition) is 1. The van der Waals surface area contributed by atoms with Crippen LogP contribution in [0.3, 0.4) is 0 Å². The Balaban J connectivity index is 0.00000288. The molecule has 24 heavy (non-hydrogen) atoms. The Morgan fingerprint density at radius 2 is 2.04 bits per heavy atom. The Kier molecular flexibility index (Phi) is 9.20. The summed E-state index contributed by atoms with van der Waals surface area (Å²) in [5, 5.41) is 7.30. The lowest BCUT2D eigenvalue weighted by atomic mass is 10.2. The Labute approximate surface area is 165 Å². The zero-order valence-corrected chi connectivity index (χ0v) is 17.7. The maximum absolute atomic E-state index is 5.29. The van der Waals surface area contributed by atoms with Crippen LogP contribution in [0.5, 0.6) is 0 Å². The van der Waals surface area contributed by atoms with Crippen molar-refractivity contribution >= 4 is 41.7 Å². The van der Waals surface area contributed by atoms with Gasteiger partial charge in [-0.1, -0.05) is 24.2 Å². The number of hydrogen-bond acceptors (Lipinski definition) is 4. The van der Waals surface area contributed by atoms with Crippen molar-refractivity contribution in [2.24, 2.45) is 4.99 Å². The van der Waals surface area contributed by atoms with Crippen LogP contribution in [0.15, 0.2) is 44.7 Å². The van der Waals surface area contributed by atoms with Gasteiger partial charge in [0.25, 0.3) is 0 Å². The van der Waals surface area contributed by atoms with Crippen molar-refractivity contribution in [3.05, 3.63) is 47.3 Å². The van der Waals surface area contributed by atoms with Gasteiger partial charge >= 0.3 is 0 Å². The number of nitrogens with one attached hydrogen (secondary N) is 1. The highest BCUT2D eigenvalue weighted by molar-refractivity contribution is 14.0. The third-order valence-corrected chi connectivity index (χ3v) is 4.29. The Bertz CT molecular complexity index is 642. The summed E-state index contributed by atoms with van der Waals surface area (Å²) in [5.74, 6) is 1.65. The molecule has 0 bridgehead atoms. The van der Waals surface area contributed by atoms with E-state index in [1.165, 1.54) is 10.5 Å². The largest absolute Gasteiger partial charge is 0.359 e. The fourth-order valence-electron chi connectivity index (χ4n) is 2.24. The van der Waals surface area contributed by atoms with Gasteiger partial charge in [0.05, 0.1) is 12.2 Å². The number of halogens is 1. The van der Waals surface area contributed by atoms with E-state index in [0.29, 0.717) is 6.54 Å². The van der Waals surface area contributed by atoms with Gasteiger partial charge in [-0.05, 0) is 30.4 Å². The lowest BCUT2D eigenvalue weighted by molar-refractivity contribution is 0.371. The minimum Gasteiger partial charge on any atom is -0.359 e. The molecule has 132 valence electrons. The molecule has 1 aromatic carbocycles. The van der Waals surface area contributed by atoms with Crippen LogP contribution in [-0.2, 0) is 19.5 Å².